The number of hydrogen-bond acceptors (Lipinski definition) is 2. The van der Waals surface area contributed by atoms with Gasteiger partial charge in [0.1, 0.15) is 0 Å². The highest BCUT2D eigenvalue weighted by Gasteiger charge is 2.15. The Hall–Kier alpha value is 0. The smallest absolute Gasteiger partial charge is 0.450 e. The molecular formula is C6H11IO3. The molecule has 3 nitrogen and oxygen atoms in total. The summed E-state index contributed by atoms with van der Waals surface area (Å²) in [5.74, 6) is 0.289. The van der Waals surface area contributed by atoms with Crippen molar-refractivity contribution in [2.75, 3.05) is 0 Å². The first-order valence-electron chi connectivity index (χ1n) is 3.11. The Morgan fingerprint density at radius 3 is 2.60 bits per heavy atom. The summed E-state index contributed by atoms with van der Waals surface area (Å²) in [7, 11) is 0. The van der Waals surface area contributed by atoms with Crippen LogP contribution in [-0.4, -0.2) is 15.4 Å². The van der Waals surface area contributed by atoms with Gasteiger partial charge in [-0.3, -0.25) is 0 Å². The van der Waals surface area contributed by atoms with Crippen molar-refractivity contribution in [3.63, 3.8) is 0 Å². The van der Waals surface area contributed by atoms with Crippen LogP contribution in [0.15, 0.2) is 0 Å². The van der Waals surface area contributed by atoms with Gasteiger partial charge < -0.3 is 9.84 Å². The zero-order valence-electron chi connectivity index (χ0n) is 6.00. The molecule has 0 saturated carbocycles. The summed E-state index contributed by atoms with van der Waals surface area (Å²) in [6.45, 7) is 3.96. The molecule has 0 aromatic rings. The van der Waals surface area contributed by atoms with Crippen LogP contribution in [0.1, 0.15) is 20.3 Å². The van der Waals surface area contributed by atoms with Crippen molar-refractivity contribution < 1.29 is 14.6 Å². The maximum absolute atomic E-state index is 10.0. The first-order chi connectivity index (χ1) is 4.57. The van der Waals surface area contributed by atoms with E-state index < -0.39 is 6.16 Å². The van der Waals surface area contributed by atoms with Gasteiger partial charge in [0.15, 0.2) is 4.11 Å². The van der Waals surface area contributed by atoms with E-state index in [1.165, 1.54) is 0 Å². The van der Waals surface area contributed by atoms with E-state index in [4.69, 9.17) is 5.11 Å². The van der Waals surface area contributed by atoms with E-state index in [2.05, 4.69) is 4.74 Å². The van der Waals surface area contributed by atoms with Crippen molar-refractivity contribution in [1.29, 1.82) is 0 Å². The molecule has 0 heterocycles. The number of carbonyl (C=O) groups is 1. The fraction of sp³-hybridized carbons (Fsp3) is 0.833. The van der Waals surface area contributed by atoms with Crippen LogP contribution in [0.5, 0.6) is 0 Å². The van der Waals surface area contributed by atoms with Crippen molar-refractivity contribution in [1.82, 2.24) is 0 Å². The molecule has 0 fully saturated rings. The molecule has 1 N–H and O–H groups in total. The second kappa shape index (κ2) is 4.76. The molecule has 0 aliphatic heterocycles. The number of rotatable bonds is 3. The Morgan fingerprint density at radius 2 is 2.30 bits per heavy atom. The zero-order valence-corrected chi connectivity index (χ0v) is 8.16. The van der Waals surface area contributed by atoms with E-state index in [1.54, 1.807) is 0 Å². The molecule has 0 aliphatic carbocycles. The van der Waals surface area contributed by atoms with Crippen LogP contribution in [-0.2, 0) is 4.74 Å². The molecule has 0 saturated heterocycles. The summed E-state index contributed by atoms with van der Waals surface area (Å²) in [6, 6.07) is 0. The number of halogens is 1. The Balaban J connectivity index is 3.61. The highest BCUT2D eigenvalue weighted by molar-refractivity contribution is 14.1. The van der Waals surface area contributed by atoms with Crippen molar-refractivity contribution >= 4 is 28.7 Å². The molecule has 0 amide bonds. The Morgan fingerprint density at radius 1 is 1.80 bits per heavy atom. The maximum Gasteiger partial charge on any atom is 0.506 e. The molecule has 1 unspecified atom stereocenters. The third-order valence-electron chi connectivity index (χ3n) is 1.30. The lowest BCUT2D eigenvalue weighted by Crippen LogP contribution is -2.17. The summed E-state index contributed by atoms with van der Waals surface area (Å²) < 4.78 is 4.28. The predicted molar refractivity (Wildman–Crippen MR) is 46.4 cm³/mol. The minimum atomic E-state index is -1.19. The summed E-state index contributed by atoms with van der Waals surface area (Å²) in [5.41, 5.74) is 0. The molecule has 0 aliphatic rings. The number of hydrogen-bond donors (Lipinski definition) is 1. The van der Waals surface area contributed by atoms with Crippen LogP contribution in [0.3, 0.4) is 0 Å². The molecule has 0 radical (unpaired) electrons. The van der Waals surface area contributed by atoms with Crippen LogP contribution in [0, 0.1) is 5.92 Å². The number of alkyl halides is 1. The molecule has 0 spiro atoms. The largest absolute Gasteiger partial charge is 0.506 e. The minimum absolute atomic E-state index is 0.222. The van der Waals surface area contributed by atoms with Gasteiger partial charge in [0.25, 0.3) is 0 Å². The van der Waals surface area contributed by atoms with E-state index in [1.807, 2.05) is 36.4 Å². The molecular weight excluding hydrogens is 247 g/mol. The number of ether oxygens (including phenoxy) is 1. The van der Waals surface area contributed by atoms with Crippen molar-refractivity contribution in [2.24, 2.45) is 5.92 Å². The Labute approximate surface area is 73.9 Å². The molecule has 0 aromatic carbocycles. The van der Waals surface area contributed by atoms with Gasteiger partial charge in [-0.15, -0.1) is 0 Å². The molecule has 60 valence electrons. The predicted octanol–water partition coefficient (Wildman–Crippen LogP) is 2.49. The normalized spacial score (nSPS) is 15.9. The maximum atomic E-state index is 10.0. The molecule has 4 heteroatoms. The Kier molecular flexibility index (Phi) is 4.76. The second-order valence-corrected chi connectivity index (χ2v) is 3.35. The van der Waals surface area contributed by atoms with Crippen molar-refractivity contribution in [2.45, 2.75) is 24.4 Å². The highest BCUT2D eigenvalue weighted by Crippen LogP contribution is 2.17. The van der Waals surface area contributed by atoms with Gasteiger partial charge >= 0.3 is 6.16 Å². The molecule has 0 rings (SSSR count). The zero-order chi connectivity index (χ0) is 8.15. The van der Waals surface area contributed by atoms with Gasteiger partial charge in [-0.2, -0.15) is 0 Å². The SMILES string of the molecule is CCC(C)[C@@H](I)OC(=O)O. The third kappa shape index (κ3) is 3.92. The topological polar surface area (TPSA) is 46.5 Å². The summed E-state index contributed by atoms with van der Waals surface area (Å²) in [6.07, 6.45) is -0.263. The average Bonchev–Trinajstić information content (AvgIpc) is 1.85. The van der Waals surface area contributed by atoms with Gasteiger partial charge in [-0.25, -0.2) is 4.79 Å². The summed E-state index contributed by atoms with van der Waals surface area (Å²) >= 11 is 1.98. The number of carboxylic acid groups (broad SMARTS) is 1. The lowest BCUT2D eigenvalue weighted by molar-refractivity contribution is 0.0714. The van der Waals surface area contributed by atoms with Crippen LogP contribution in [0.4, 0.5) is 4.79 Å². The minimum Gasteiger partial charge on any atom is -0.450 e. The quantitative estimate of drug-likeness (QED) is 0.480. The lowest BCUT2D eigenvalue weighted by Gasteiger charge is -2.14. The van der Waals surface area contributed by atoms with E-state index in [0.29, 0.717) is 0 Å². The second-order valence-electron chi connectivity index (χ2n) is 2.12. The van der Waals surface area contributed by atoms with Gasteiger partial charge in [0.05, 0.1) is 0 Å². The fourth-order valence-electron chi connectivity index (χ4n) is 0.398. The van der Waals surface area contributed by atoms with E-state index in [-0.39, 0.29) is 10.0 Å². The van der Waals surface area contributed by atoms with Gasteiger partial charge in [0, 0.05) is 5.92 Å². The van der Waals surface area contributed by atoms with Gasteiger partial charge in [-0.1, -0.05) is 13.8 Å². The van der Waals surface area contributed by atoms with Gasteiger partial charge in [0.2, 0.25) is 0 Å². The van der Waals surface area contributed by atoms with E-state index in [0.717, 1.165) is 6.42 Å². The highest BCUT2D eigenvalue weighted by atomic mass is 127. The van der Waals surface area contributed by atoms with Crippen LogP contribution < -0.4 is 0 Å². The molecule has 2 atom stereocenters. The van der Waals surface area contributed by atoms with Crippen molar-refractivity contribution in [3.8, 4) is 0 Å². The molecule has 0 bridgehead atoms. The summed E-state index contributed by atoms with van der Waals surface area (Å²) in [4.78, 5) is 10.0. The Bertz CT molecular complexity index is 116. The van der Waals surface area contributed by atoms with Crippen LogP contribution in [0.2, 0.25) is 0 Å². The van der Waals surface area contributed by atoms with Crippen LogP contribution in [0.25, 0.3) is 0 Å². The van der Waals surface area contributed by atoms with Crippen LogP contribution >= 0.6 is 22.6 Å². The summed E-state index contributed by atoms with van der Waals surface area (Å²) in [5, 5.41) is 8.20. The fourth-order valence-corrected chi connectivity index (χ4v) is 1.12. The van der Waals surface area contributed by atoms with E-state index >= 15 is 0 Å². The van der Waals surface area contributed by atoms with Gasteiger partial charge in [-0.05, 0) is 29.0 Å². The molecule has 10 heavy (non-hydrogen) atoms. The average molecular weight is 258 g/mol. The first-order valence-corrected chi connectivity index (χ1v) is 4.36. The first kappa shape index (κ1) is 10.0. The standard InChI is InChI=1S/C6H11IO3/c1-3-4(2)5(7)10-6(8)9/h4-5H,3H2,1-2H3,(H,8,9)/t4?,5-/m0/s1. The van der Waals surface area contributed by atoms with E-state index in [9.17, 15) is 4.79 Å². The lowest BCUT2D eigenvalue weighted by atomic mass is 10.1. The monoisotopic (exact) mass is 258 g/mol. The molecule has 0 aromatic heterocycles. The van der Waals surface area contributed by atoms with Crippen molar-refractivity contribution in [3.05, 3.63) is 0 Å². The third-order valence-corrected chi connectivity index (χ3v) is 2.79.